The van der Waals surface area contributed by atoms with Crippen molar-refractivity contribution in [2.45, 2.75) is 16.4 Å². The van der Waals surface area contributed by atoms with E-state index in [0.29, 0.717) is 0 Å². The summed E-state index contributed by atoms with van der Waals surface area (Å²) >= 11 is 3.99. The number of aliphatic hydroxyl groups is 1. The van der Waals surface area contributed by atoms with Gasteiger partial charge in [0.2, 0.25) is 0 Å². The van der Waals surface area contributed by atoms with Crippen LogP contribution in [0.15, 0.2) is 58.3 Å². The van der Waals surface area contributed by atoms with E-state index < -0.39 is 0 Å². The first-order valence-corrected chi connectivity index (χ1v) is 6.81. The molecular weight excluding hydrogens is 331 g/mol. The van der Waals surface area contributed by atoms with E-state index in [9.17, 15) is 0 Å². The monoisotopic (exact) mass is 342 g/mol. The zero-order valence-corrected chi connectivity index (χ0v) is 11.5. The molecule has 0 heterocycles. The van der Waals surface area contributed by atoms with Crippen molar-refractivity contribution in [3.8, 4) is 0 Å². The molecule has 3 heteroatoms. The SMILES string of the molecule is OCc1ccc(Sc2ccccc2)cc1I. The minimum Gasteiger partial charge on any atom is -0.392 e. The quantitative estimate of drug-likeness (QED) is 0.853. The Morgan fingerprint density at radius 3 is 2.38 bits per heavy atom. The molecule has 16 heavy (non-hydrogen) atoms. The lowest BCUT2D eigenvalue weighted by Gasteiger charge is -2.05. The highest BCUT2D eigenvalue weighted by molar-refractivity contribution is 14.1. The molecule has 0 atom stereocenters. The van der Waals surface area contributed by atoms with Gasteiger partial charge in [-0.1, -0.05) is 36.0 Å². The molecule has 0 saturated carbocycles. The van der Waals surface area contributed by atoms with Crippen molar-refractivity contribution in [3.05, 3.63) is 57.7 Å². The maximum Gasteiger partial charge on any atom is 0.0692 e. The zero-order valence-electron chi connectivity index (χ0n) is 8.56. The second kappa shape index (κ2) is 5.70. The third kappa shape index (κ3) is 2.99. The first-order chi connectivity index (χ1) is 7.79. The van der Waals surface area contributed by atoms with Gasteiger partial charge in [-0.25, -0.2) is 0 Å². The highest BCUT2D eigenvalue weighted by atomic mass is 127. The van der Waals surface area contributed by atoms with E-state index in [2.05, 4.69) is 40.8 Å². The molecule has 2 aromatic carbocycles. The minimum atomic E-state index is 0.106. The van der Waals surface area contributed by atoms with Gasteiger partial charge in [0.15, 0.2) is 0 Å². The van der Waals surface area contributed by atoms with Crippen LogP contribution in [-0.4, -0.2) is 5.11 Å². The highest BCUT2D eigenvalue weighted by Crippen LogP contribution is 2.29. The van der Waals surface area contributed by atoms with Crippen molar-refractivity contribution >= 4 is 34.4 Å². The summed E-state index contributed by atoms with van der Waals surface area (Å²) in [6.45, 7) is 0.106. The summed E-state index contributed by atoms with van der Waals surface area (Å²) in [5.74, 6) is 0. The van der Waals surface area contributed by atoms with E-state index in [4.69, 9.17) is 5.11 Å². The molecule has 0 fully saturated rings. The Bertz CT molecular complexity index is 471. The maximum absolute atomic E-state index is 9.09. The summed E-state index contributed by atoms with van der Waals surface area (Å²) in [7, 11) is 0. The average Bonchev–Trinajstić information content (AvgIpc) is 2.31. The molecule has 0 unspecified atom stereocenters. The third-order valence-electron chi connectivity index (χ3n) is 2.17. The van der Waals surface area contributed by atoms with Gasteiger partial charge >= 0.3 is 0 Å². The second-order valence-corrected chi connectivity index (χ2v) is 5.64. The van der Waals surface area contributed by atoms with Gasteiger partial charge in [0.1, 0.15) is 0 Å². The third-order valence-corrected chi connectivity index (χ3v) is 4.18. The van der Waals surface area contributed by atoms with Gasteiger partial charge in [-0.15, -0.1) is 0 Å². The first kappa shape index (κ1) is 12.0. The normalized spacial score (nSPS) is 10.4. The van der Waals surface area contributed by atoms with Crippen LogP contribution in [-0.2, 0) is 6.61 Å². The molecule has 0 amide bonds. The van der Waals surface area contributed by atoms with E-state index in [1.165, 1.54) is 9.79 Å². The number of aliphatic hydroxyl groups excluding tert-OH is 1. The number of benzene rings is 2. The summed E-state index contributed by atoms with van der Waals surface area (Å²) in [6, 6.07) is 16.4. The number of rotatable bonds is 3. The largest absolute Gasteiger partial charge is 0.392 e. The molecule has 2 aromatic rings. The van der Waals surface area contributed by atoms with Crippen LogP contribution in [0.2, 0.25) is 0 Å². The van der Waals surface area contributed by atoms with E-state index in [-0.39, 0.29) is 6.61 Å². The first-order valence-electron chi connectivity index (χ1n) is 4.92. The van der Waals surface area contributed by atoms with Crippen LogP contribution in [0.4, 0.5) is 0 Å². The summed E-state index contributed by atoms with van der Waals surface area (Å²) in [5, 5.41) is 9.09. The molecule has 1 N–H and O–H groups in total. The average molecular weight is 342 g/mol. The standard InChI is InChI=1S/C13H11IOS/c14-13-8-12(7-6-10(13)9-15)16-11-4-2-1-3-5-11/h1-8,15H,9H2. The van der Waals surface area contributed by atoms with Crippen molar-refractivity contribution in [1.29, 1.82) is 0 Å². The van der Waals surface area contributed by atoms with Crippen LogP contribution in [0.25, 0.3) is 0 Å². The fraction of sp³-hybridized carbons (Fsp3) is 0.0769. The van der Waals surface area contributed by atoms with E-state index in [0.717, 1.165) is 9.13 Å². The van der Waals surface area contributed by atoms with E-state index >= 15 is 0 Å². The van der Waals surface area contributed by atoms with Gasteiger partial charge in [0, 0.05) is 13.4 Å². The molecule has 0 aliphatic carbocycles. The van der Waals surface area contributed by atoms with E-state index in [1.54, 1.807) is 11.8 Å². The number of hydrogen-bond acceptors (Lipinski definition) is 2. The van der Waals surface area contributed by atoms with Crippen LogP contribution in [0.5, 0.6) is 0 Å². The zero-order chi connectivity index (χ0) is 11.4. The summed E-state index contributed by atoms with van der Waals surface area (Å²) in [5.41, 5.74) is 0.984. The molecule has 0 aliphatic rings. The van der Waals surface area contributed by atoms with Crippen LogP contribution in [0.3, 0.4) is 0 Å². The molecule has 0 aromatic heterocycles. The number of halogens is 1. The lowest BCUT2D eigenvalue weighted by Crippen LogP contribution is -1.87. The van der Waals surface area contributed by atoms with Crippen LogP contribution < -0.4 is 0 Å². The molecule has 1 nitrogen and oxygen atoms in total. The Labute approximate surface area is 113 Å². The van der Waals surface area contributed by atoms with Gasteiger partial charge in [-0.05, 0) is 52.4 Å². The van der Waals surface area contributed by atoms with Crippen molar-refractivity contribution in [1.82, 2.24) is 0 Å². The topological polar surface area (TPSA) is 20.2 Å². The van der Waals surface area contributed by atoms with Gasteiger partial charge in [0.05, 0.1) is 6.61 Å². The van der Waals surface area contributed by atoms with Crippen LogP contribution in [0.1, 0.15) is 5.56 Å². The summed E-state index contributed by atoms with van der Waals surface area (Å²) in [6.07, 6.45) is 0. The fourth-order valence-corrected chi connectivity index (χ4v) is 3.12. The van der Waals surface area contributed by atoms with Crippen molar-refractivity contribution in [2.75, 3.05) is 0 Å². The molecule has 0 aliphatic heterocycles. The van der Waals surface area contributed by atoms with E-state index in [1.807, 2.05) is 30.3 Å². The Morgan fingerprint density at radius 2 is 1.75 bits per heavy atom. The fourth-order valence-electron chi connectivity index (χ4n) is 1.34. The summed E-state index contributed by atoms with van der Waals surface area (Å²) in [4.78, 5) is 2.43. The predicted octanol–water partition coefficient (Wildman–Crippen LogP) is 3.93. The van der Waals surface area contributed by atoms with Crippen molar-refractivity contribution < 1.29 is 5.11 Å². The lowest BCUT2D eigenvalue weighted by molar-refractivity contribution is 0.281. The molecule has 2 rings (SSSR count). The Balaban J connectivity index is 2.20. The van der Waals surface area contributed by atoms with Crippen molar-refractivity contribution in [3.63, 3.8) is 0 Å². The van der Waals surface area contributed by atoms with Gasteiger partial charge < -0.3 is 5.11 Å². The van der Waals surface area contributed by atoms with Crippen LogP contribution in [0, 0.1) is 3.57 Å². The molecule has 82 valence electrons. The van der Waals surface area contributed by atoms with Gasteiger partial charge in [0.25, 0.3) is 0 Å². The maximum atomic E-state index is 9.09. The van der Waals surface area contributed by atoms with Crippen LogP contribution >= 0.6 is 34.4 Å². The summed E-state index contributed by atoms with van der Waals surface area (Å²) < 4.78 is 1.11. The predicted molar refractivity (Wildman–Crippen MR) is 75.6 cm³/mol. The van der Waals surface area contributed by atoms with Gasteiger partial charge in [-0.2, -0.15) is 0 Å². The molecule has 0 bridgehead atoms. The Morgan fingerprint density at radius 1 is 1.00 bits per heavy atom. The second-order valence-electron chi connectivity index (χ2n) is 3.33. The molecule has 0 spiro atoms. The molecular formula is C13H11IOS. The van der Waals surface area contributed by atoms with Gasteiger partial charge in [-0.3, -0.25) is 0 Å². The minimum absolute atomic E-state index is 0.106. The van der Waals surface area contributed by atoms with Crippen molar-refractivity contribution in [2.24, 2.45) is 0 Å². The highest BCUT2D eigenvalue weighted by Gasteiger charge is 2.01. The lowest BCUT2D eigenvalue weighted by atomic mass is 10.2. The molecule has 0 saturated heterocycles. The smallest absolute Gasteiger partial charge is 0.0692 e. The Kier molecular flexibility index (Phi) is 4.26. The Hall–Kier alpha value is -0.520. The molecule has 0 radical (unpaired) electrons. The number of hydrogen-bond donors (Lipinski definition) is 1.